The average Bonchev–Trinajstić information content (AvgIpc) is 2.73. The van der Waals surface area contributed by atoms with E-state index in [-0.39, 0.29) is 12.0 Å². The highest BCUT2D eigenvalue weighted by Gasteiger charge is 2.29. The SMILES string of the molecule is CCOc1ccccc1OCC1CN(C(O)OC(C)OC(=O)[C@H](NC)C(C)C)CCO1. The maximum Gasteiger partial charge on any atom is 0.325 e. The minimum absolute atomic E-state index is 0.0717. The lowest BCUT2D eigenvalue weighted by Crippen LogP contribution is -2.51. The summed E-state index contributed by atoms with van der Waals surface area (Å²) in [6.07, 6.45) is -2.38. The number of nitrogens with one attached hydrogen (secondary N) is 1. The molecule has 0 bridgehead atoms. The second-order valence-corrected chi connectivity index (χ2v) is 7.66. The van der Waals surface area contributed by atoms with Crippen molar-refractivity contribution in [2.24, 2.45) is 5.92 Å². The zero-order valence-corrected chi connectivity index (χ0v) is 19.1. The lowest BCUT2D eigenvalue weighted by Gasteiger charge is -2.36. The van der Waals surface area contributed by atoms with Crippen LogP contribution in [-0.2, 0) is 19.0 Å². The van der Waals surface area contributed by atoms with Crippen molar-refractivity contribution in [2.75, 3.05) is 40.0 Å². The van der Waals surface area contributed by atoms with Crippen LogP contribution in [0, 0.1) is 5.92 Å². The van der Waals surface area contributed by atoms with Gasteiger partial charge in [0, 0.05) is 13.1 Å². The van der Waals surface area contributed by atoms with E-state index in [4.69, 9.17) is 23.7 Å². The van der Waals surface area contributed by atoms with Crippen LogP contribution in [0.2, 0.25) is 0 Å². The Labute approximate surface area is 184 Å². The van der Waals surface area contributed by atoms with Crippen LogP contribution in [0.5, 0.6) is 11.5 Å². The summed E-state index contributed by atoms with van der Waals surface area (Å²) < 4.78 is 28.0. The fourth-order valence-electron chi connectivity index (χ4n) is 3.32. The van der Waals surface area contributed by atoms with Gasteiger partial charge >= 0.3 is 5.97 Å². The van der Waals surface area contributed by atoms with Gasteiger partial charge in [0.25, 0.3) is 0 Å². The molecule has 0 amide bonds. The topological polar surface area (TPSA) is 98.7 Å². The molecule has 1 heterocycles. The molecule has 1 aliphatic rings. The number of benzene rings is 1. The maximum atomic E-state index is 12.2. The normalized spacial score (nSPS) is 20.2. The number of morpholine rings is 1. The van der Waals surface area contributed by atoms with E-state index in [9.17, 15) is 9.90 Å². The molecular formula is C22H36N2O7. The summed E-state index contributed by atoms with van der Waals surface area (Å²) in [5, 5.41) is 13.4. The van der Waals surface area contributed by atoms with Gasteiger partial charge in [0.05, 0.1) is 13.2 Å². The summed E-state index contributed by atoms with van der Waals surface area (Å²) in [6, 6.07) is 7.02. The number of ether oxygens (including phenoxy) is 5. The molecule has 0 saturated carbocycles. The molecule has 176 valence electrons. The van der Waals surface area contributed by atoms with Crippen molar-refractivity contribution < 1.29 is 33.6 Å². The third-order valence-corrected chi connectivity index (χ3v) is 4.88. The molecule has 2 rings (SSSR count). The fraction of sp³-hybridized carbons (Fsp3) is 0.682. The number of hydrogen-bond acceptors (Lipinski definition) is 9. The van der Waals surface area contributed by atoms with Crippen LogP contribution in [0.15, 0.2) is 24.3 Å². The third-order valence-electron chi connectivity index (χ3n) is 4.88. The van der Waals surface area contributed by atoms with Crippen molar-refractivity contribution in [1.82, 2.24) is 10.2 Å². The zero-order valence-electron chi connectivity index (χ0n) is 19.1. The van der Waals surface area contributed by atoms with Crippen LogP contribution in [0.4, 0.5) is 0 Å². The Kier molecular flexibility index (Phi) is 10.5. The largest absolute Gasteiger partial charge is 0.490 e. The van der Waals surface area contributed by atoms with E-state index in [0.717, 1.165) is 0 Å². The van der Waals surface area contributed by atoms with E-state index in [1.54, 1.807) is 18.9 Å². The second-order valence-electron chi connectivity index (χ2n) is 7.66. The monoisotopic (exact) mass is 440 g/mol. The number of likely N-dealkylation sites (N-methyl/N-ethyl adjacent to an activating group) is 1. The Morgan fingerprint density at radius 3 is 2.55 bits per heavy atom. The minimum Gasteiger partial charge on any atom is -0.490 e. The van der Waals surface area contributed by atoms with Gasteiger partial charge in [-0.3, -0.25) is 14.4 Å². The summed E-state index contributed by atoms with van der Waals surface area (Å²) in [5.74, 6) is 0.977. The molecule has 0 radical (unpaired) electrons. The van der Waals surface area contributed by atoms with Crippen molar-refractivity contribution in [3.8, 4) is 11.5 Å². The van der Waals surface area contributed by atoms with Gasteiger partial charge in [-0.15, -0.1) is 0 Å². The van der Waals surface area contributed by atoms with Crippen LogP contribution in [0.25, 0.3) is 0 Å². The van der Waals surface area contributed by atoms with Crippen molar-refractivity contribution >= 4 is 5.97 Å². The Morgan fingerprint density at radius 2 is 1.94 bits per heavy atom. The number of carbonyl (C=O) groups excluding carboxylic acids is 1. The summed E-state index contributed by atoms with van der Waals surface area (Å²) in [7, 11) is 1.70. The van der Waals surface area contributed by atoms with Crippen LogP contribution in [0.3, 0.4) is 0 Å². The van der Waals surface area contributed by atoms with Crippen LogP contribution in [-0.4, -0.2) is 80.8 Å². The van der Waals surface area contributed by atoms with E-state index in [2.05, 4.69) is 5.32 Å². The molecule has 9 nitrogen and oxygen atoms in total. The van der Waals surface area contributed by atoms with Gasteiger partial charge < -0.3 is 29.4 Å². The number of hydrogen-bond donors (Lipinski definition) is 2. The number of esters is 1. The van der Waals surface area contributed by atoms with Crippen LogP contribution >= 0.6 is 0 Å². The molecule has 1 aromatic rings. The summed E-state index contributed by atoms with van der Waals surface area (Å²) in [4.78, 5) is 13.9. The van der Waals surface area contributed by atoms with Crippen molar-refractivity contribution in [3.63, 3.8) is 0 Å². The van der Waals surface area contributed by atoms with E-state index in [0.29, 0.717) is 44.4 Å². The average molecular weight is 441 g/mol. The highest BCUT2D eigenvalue weighted by molar-refractivity contribution is 5.76. The molecule has 1 aliphatic heterocycles. The maximum absolute atomic E-state index is 12.2. The van der Waals surface area contributed by atoms with Gasteiger partial charge in [0.15, 0.2) is 11.5 Å². The molecule has 31 heavy (non-hydrogen) atoms. The highest BCUT2D eigenvalue weighted by atomic mass is 16.7. The molecule has 2 N–H and O–H groups in total. The molecule has 1 aromatic carbocycles. The smallest absolute Gasteiger partial charge is 0.325 e. The molecule has 1 saturated heterocycles. The second kappa shape index (κ2) is 12.8. The van der Waals surface area contributed by atoms with E-state index < -0.39 is 24.7 Å². The first-order chi connectivity index (χ1) is 14.8. The minimum atomic E-state index is -1.23. The quantitative estimate of drug-likeness (QED) is 0.371. The van der Waals surface area contributed by atoms with E-state index >= 15 is 0 Å². The van der Waals surface area contributed by atoms with Crippen molar-refractivity contribution in [2.45, 2.75) is 52.5 Å². The molecule has 9 heteroatoms. The number of rotatable bonds is 12. The zero-order chi connectivity index (χ0) is 22.8. The Morgan fingerprint density at radius 1 is 1.26 bits per heavy atom. The van der Waals surface area contributed by atoms with Gasteiger partial charge in [0.2, 0.25) is 12.7 Å². The third kappa shape index (κ3) is 7.93. The van der Waals surface area contributed by atoms with E-state index in [1.807, 2.05) is 45.0 Å². The summed E-state index contributed by atoms with van der Waals surface area (Å²) in [5.41, 5.74) is 0. The number of aliphatic hydroxyl groups excluding tert-OH is 1. The predicted molar refractivity (Wildman–Crippen MR) is 115 cm³/mol. The Hall–Kier alpha value is -1.91. The van der Waals surface area contributed by atoms with Gasteiger partial charge in [-0.25, -0.2) is 0 Å². The highest BCUT2D eigenvalue weighted by Crippen LogP contribution is 2.26. The van der Waals surface area contributed by atoms with Gasteiger partial charge in [0.1, 0.15) is 18.8 Å². The number of carbonyl (C=O) groups is 1. The molecular weight excluding hydrogens is 404 g/mol. The van der Waals surface area contributed by atoms with Crippen LogP contribution < -0.4 is 14.8 Å². The molecule has 0 aromatic heterocycles. The Balaban J connectivity index is 1.82. The lowest BCUT2D eigenvalue weighted by molar-refractivity contribution is -0.278. The predicted octanol–water partition coefficient (Wildman–Crippen LogP) is 1.59. The summed E-state index contributed by atoms with van der Waals surface area (Å²) in [6.45, 7) is 9.51. The van der Waals surface area contributed by atoms with E-state index in [1.165, 1.54) is 0 Å². The number of aliphatic hydroxyl groups is 1. The van der Waals surface area contributed by atoms with Crippen molar-refractivity contribution in [1.29, 1.82) is 0 Å². The first kappa shape index (κ1) is 25.4. The van der Waals surface area contributed by atoms with Crippen LogP contribution in [0.1, 0.15) is 27.7 Å². The standard InChI is InChI=1S/C22H36N2O7/c1-6-27-18-9-7-8-10-19(18)29-14-17-13-24(11-12-28-17)22(26)31-16(4)30-21(25)20(23-5)15(2)3/h7-10,15-17,20,22-23,26H,6,11-14H2,1-5H3/t16?,17?,20-,22?/m1/s1. The van der Waals surface area contributed by atoms with Gasteiger partial charge in [-0.05, 0) is 38.9 Å². The Bertz CT molecular complexity index is 673. The first-order valence-electron chi connectivity index (χ1n) is 10.8. The number of para-hydroxylation sites is 2. The fourth-order valence-corrected chi connectivity index (χ4v) is 3.32. The summed E-state index contributed by atoms with van der Waals surface area (Å²) >= 11 is 0. The lowest BCUT2D eigenvalue weighted by atomic mass is 10.1. The molecule has 0 spiro atoms. The number of nitrogens with zero attached hydrogens (tertiary/aromatic N) is 1. The molecule has 4 atom stereocenters. The first-order valence-corrected chi connectivity index (χ1v) is 10.8. The van der Waals surface area contributed by atoms with Crippen molar-refractivity contribution in [3.05, 3.63) is 24.3 Å². The molecule has 0 aliphatic carbocycles. The molecule has 1 fully saturated rings. The van der Waals surface area contributed by atoms with Gasteiger partial charge in [-0.1, -0.05) is 26.0 Å². The van der Waals surface area contributed by atoms with Gasteiger partial charge in [-0.2, -0.15) is 0 Å². The molecule has 3 unspecified atom stereocenters.